The minimum absolute atomic E-state index is 0.189. The number of benzene rings is 1. The molecule has 1 unspecified atom stereocenters. The van der Waals surface area contributed by atoms with Gasteiger partial charge in [-0.1, -0.05) is 24.6 Å². The van der Waals surface area contributed by atoms with Gasteiger partial charge in [-0.25, -0.2) is 4.39 Å². The summed E-state index contributed by atoms with van der Waals surface area (Å²) in [5.41, 5.74) is -0.233. The van der Waals surface area contributed by atoms with E-state index in [1.165, 1.54) is 19.2 Å². The molecule has 0 aliphatic carbocycles. The normalized spacial score (nSPS) is 15.0. The molecule has 0 fully saturated rings. The van der Waals surface area contributed by atoms with Crippen molar-refractivity contribution in [3.63, 3.8) is 0 Å². The molecule has 0 bridgehead atoms. The molecule has 4 heteroatoms. The van der Waals surface area contributed by atoms with Gasteiger partial charge in [0.05, 0.1) is 6.61 Å². The minimum atomic E-state index is -0.842. The standard InChI is InChI=1S/C11H14ClFO2/c1-3-11(7-14,15-2)9-5-4-8(13)6-10(9)12/h4-6,14H,3,7H2,1-2H3. The number of hydrogen-bond acceptors (Lipinski definition) is 2. The van der Waals surface area contributed by atoms with E-state index in [-0.39, 0.29) is 11.6 Å². The van der Waals surface area contributed by atoms with Gasteiger partial charge < -0.3 is 9.84 Å². The monoisotopic (exact) mass is 232 g/mol. The lowest BCUT2D eigenvalue weighted by atomic mass is 9.91. The predicted molar refractivity (Wildman–Crippen MR) is 57.5 cm³/mol. The van der Waals surface area contributed by atoms with E-state index in [2.05, 4.69) is 0 Å². The second-order valence-electron chi connectivity index (χ2n) is 3.33. The van der Waals surface area contributed by atoms with Crippen molar-refractivity contribution in [3.8, 4) is 0 Å². The Kier molecular flexibility index (Phi) is 4.08. The fraction of sp³-hybridized carbons (Fsp3) is 0.455. The summed E-state index contributed by atoms with van der Waals surface area (Å²) >= 11 is 5.92. The van der Waals surface area contributed by atoms with Crippen LogP contribution in [-0.2, 0) is 10.3 Å². The molecular weight excluding hydrogens is 219 g/mol. The largest absolute Gasteiger partial charge is 0.393 e. The summed E-state index contributed by atoms with van der Waals surface area (Å²) in [7, 11) is 1.50. The highest BCUT2D eigenvalue weighted by atomic mass is 35.5. The van der Waals surface area contributed by atoms with Gasteiger partial charge in [0.15, 0.2) is 0 Å². The fourth-order valence-corrected chi connectivity index (χ4v) is 1.90. The molecule has 1 atom stereocenters. The lowest BCUT2D eigenvalue weighted by Crippen LogP contribution is -2.32. The Balaban J connectivity index is 3.22. The number of aliphatic hydroxyl groups is 1. The maximum absolute atomic E-state index is 12.9. The van der Waals surface area contributed by atoms with Crippen LogP contribution in [0.5, 0.6) is 0 Å². The summed E-state index contributed by atoms with van der Waals surface area (Å²) in [6, 6.07) is 4.07. The summed E-state index contributed by atoms with van der Waals surface area (Å²) in [6.07, 6.45) is 0.561. The quantitative estimate of drug-likeness (QED) is 0.865. The van der Waals surface area contributed by atoms with Crippen molar-refractivity contribution in [3.05, 3.63) is 34.6 Å². The first-order valence-electron chi connectivity index (χ1n) is 4.71. The van der Waals surface area contributed by atoms with E-state index < -0.39 is 11.4 Å². The van der Waals surface area contributed by atoms with Crippen molar-refractivity contribution in [2.24, 2.45) is 0 Å². The van der Waals surface area contributed by atoms with Gasteiger partial charge >= 0.3 is 0 Å². The number of methoxy groups -OCH3 is 1. The van der Waals surface area contributed by atoms with Crippen LogP contribution in [0.25, 0.3) is 0 Å². The molecule has 84 valence electrons. The van der Waals surface area contributed by atoms with E-state index in [1.807, 2.05) is 6.92 Å². The van der Waals surface area contributed by atoms with E-state index >= 15 is 0 Å². The first kappa shape index (κ1) is 12.4. The van der Waals surface area contributed by atoms with Gasteiger partial charge in [0, 0.05) is 17.7 Å². The van der Waals surface area contributed by atoms with Crippen molar-refractivity contribution >= 4 is 11.6 Å². The first-order valence-corrected chi connectivity index (χ1v) is 5.09. The maximum atomic E-state index is 12.9. The number of halogens is 2. The summed E-state index contributed by atoms with van der Waals surface area (Å²) < 4.78 is 18.1. The highest BCUT2D eigenvalue weighted by molar-refractivity contribution is 6.31. The van der Waals surface area contributed by atoms with Gasteiger partial charge in [0.1, 0.15) is 11.4 Å². The van der Waals surface area contributed by atoms with E-state index in [0.29, 0.717) is 12.0 Å². The Hall–Kier alpha value is -0.640. The SMILES string of the molecule is CCC(CO)(OC)c1ccc(F)cc1Cl. The van der Waals surface area contributed by atoms with Crippen molar-refractivity contribution in [2.75, 3.05) is 13.7 Å². The zero-order chi connectivity index (χ0) is 11.5. The van der Waals surface area contributed by atoms with Crippen molar-refractivity contribution in [2.45, 2.75) is 18.9 Å². The summed E-state index contributed by atoms with van der Waals surface area (Å²) in [4.78, 5) is 0. The highest BCUT2D eigenvalue weighted by Crippen LogP contribution is 2.33. The van der Waals surface area contributed by atoms with Crippen LogP contribution in [0.2, 0.25) is 5.02 Å². The molecule has 0 heterocycles. The van der Waals surface area contributed by atoms with Gasteiger partial charge in [0.25, 0.3) is 0 Å². The van der Waals surface area contributed by atoms with Gasteiger partial charge in [0.2, 0.25) is 0 Å². The average molecular weight is 233 g/mol. The Morgan fingerprint density at radius 1 is 1.53 bits per heavy atom. The van der Waals surface area contributed by atoms with Gasteiger partial charge in [-0.2, -0.15) is 0 Å². The zero-order valence-corrected chi connectivity index (χ0v) is 9.51. The average Bonchev–Trinajstić information content (AvgIpc) is 2.23. The molecule has 15 heavy (non-hydrogen) atoms. The van der Waals surface area contributed by atoms with Crippen LogP contribution in [-0.4, -0.2) is 18.8 Å². The van der Waals surface area contributed by atoms with Crippen molar-refractivity contribution in [1.29, 1.82) is 0 Å². The lowest BCUT2D eigenvalue weighted by molar-refractivity contribution is -0.0598. The topological polar surface area (TPSA) is 29.5 Å². The molecule has 0 aliphatic rings. The third-order valence-corrected chi connectivity index (χ3v) is 2.95. The fourth-order valence-electron chi connectivity index (χ4n) is 1.57. The number of rotatable bonds is 4. The summed E-state index contributed by atoms with van der Waals surface area (Å²) in [5, 5.41) is 9.62. The van der Waals surface area contributed by atoms with E-state index in [4.69, 9.17) is 16.3 Å². The molecule has 0 radical (unpaired) electrons. The van der Waals surface area contributed by atoms with E-state index in [0.717, 1.165) is 0 Å². The highest BCUT2D eigenvalue weighted by Gasteiger charge is 2.31. The Morgan fingerprint density at radius 2 is 2.20 bits per heavy atom. The molecule has 1 aromatic rings. The summed E-state index contributed by atoms with van der Waals surface area (Å²) in [5.74, 6) is -0.400. The van der Waals surface area contributed by atoms with E-state index in [1.54, 1.807) is 6.07 Å². The minimum Gasteiger partial charge on any atom is -0.393 e. The van der Waals surface area contributed by atoms with Crippen LogP contribution in [0.15, 0.2) is 18.2 Å². The van der Waals surface area contributed by atoms with Gasteiger partial charge in [-0.15, -0.1) is 0 Å². The molecule has 2 nitrogen and oxygen atoms in total. The van der Waals surface area contributed by atoms with E-state index in [9.17, 15) is 9.50 Å². The van der Waals surface area contributed by atoms with Crippen LogP contribution in [0, 0.1) is 5.82 Å². The molecule has 0 saturated carbocycles. The number of aliphatic hydroxyl groups excluding tert-OH is 1. The number of ether oxygens (including phenoxy) is 1. The lowest BCUT2D eigenvalue weighted by Gasteiger charge is -2.30. The van der Waals surface area contributed by atoms with Crippen molar-refractivity contribution in [1.82, 2.24) is 0 Å². The van der Waals surface area contributed by atoms with Crippen LogP contribution in [0.4, 0.5) is 4.39 Å². The molecule has 1 aromatic carbocycles. The van der Waals surface area contributed by atoms with Crippen LogP contribution in [0.1, 0.15) is 18.9 Å². The third-order valence-electron chi connectivity index (χ3n) is 2.64. The van der Waals surface area contributed by atoms with Crippen LogP contribution in [0.3, 0.4) is 0 Å². The molecule has 1 N–H and O–H groups in total. The number of hydrogen-bond donors (Lipinski definition) is 1. The Morgan fingerprint density at radius 3 is 2.60 bits per heavy atom. The molecule has 1 rings (SSSR count). The molecule has 0 amide bonds. The molecule has 0 saturated heterocycles. The maximum Gasteiger partial charge on any atom is 0.124 e. The second-order valence-corrected chi connectivity index (χ2v) is 3.74. The molecular formula is C11H14ClFO2. The van der Waals surface area contributed by atoms with Crippen LogP contribution >= 0.6 is 11.6 Å². The second kappa shape index (κ2) is 4.92. The van der Waals surface area contributed by atoms with Crippen molar-refractivity contribution < 1.29 is 14.2 Å². The van der Waals surface area contributed by atoms with Gasteiger partial charge in [-0.05, 0) is 18.6 Å². The van der Waals surface area contributed by atoms with Crippen LogP contribution < -0.4 is 0 Å². The zero-order valence-electron chi connectivity index (χ0n) is 8.76. The summed E-state index contributed by atoms with van der Waals surface area (Å²) in [6.45, 7) is 1.69. The van der Waals surface area contributed by atoms with Gasteiger partial charge in [-0.3, -0.25) is 0 Å². The predicted octanol–water partition coefficient (Wildman–Crippen LogP) is 2.72. The Labute approximate surface area is 93.6 Å². The smallest absolute Gasteiger partial charge is 0.124 e. The molecule has 0 spiro atoms. The third kappa shape index (κ3) is 2.30. The molecule has 0 aliphatic heterocycles. The Bertz CT molecular complexity index is 329. The molecule has 0 aromatic heterocycles. The first-order chi connectivity index (χ1) is 7.09.